The SMILES string of the molecule is CN(CCC(=O)O)C(=O)COc1ccc(Cl)c(Cl)c1. The number of carbonyl (C=O) groups is 2. The van der Waals surface area contributed by atoms with Crippen LogP contribution in [0.3, 0.4) is 0 Å². The fraction of sp³-hybridized carbons (Fsp3) is 0.333. The van der Waals surface area contributed by atoms with Gasteiger partial charge in [-0.2, -0.15) is 0 Å². The number of carboxylic acid groups (broad SMARTS) is 1. The van der Waals surface area contributed by atoms with Crippen LogP contribution in [0.25, 0.3) is 0 Å². The lowest BCUT2D eigenvalue weighted by atomic mass is 10.3. The number of hydrogen-bond donors (Lipinski definition) is 1. The second-order valence-corrected chi connectivity index (χ2v) is 4.64. The summed E-state index contributed by atoms with van der Waals surface area (Å²) in [6.45, 7) is -0.0486. The standard InChI is InChI=1S/C12H13Cl2NO4/c1-15(5-4-12(17)18)11(16)7-19-8-2-3-9(13)10(14)6-8/h2-3,6H,4-5,7H2,1H3,(H,17,18). The average Bonchev–Trinajstić information content (AvgIpc) is 2.36. The highest BCUT2D eigenvalue weighted by Gasteiger charge is 2.11. The molecular weight excluding hydrogens is 293 g/mol. The molecule has 0 saturated heterocycles. The molecule has 0 radical (unpaired) electrons. The van der Waals surface area contributed by atoms with Gasteiger partial charge in [0.05, 0.1) is 16.5 Å². The van der Waals surface area contributed by atoms with E-state index in [-0.39, 0.29) is 25.5 Å². The third kappa shape index (κ3) is 5.36. The summed E-state index contributed by atoms with van der Waals surface area (Å²) in [4.78, 5) is 23.3. The van der Waals surface area contributed by atoms with E-state index in [0.717, 1.165) is 0 Å². The van der Waals surface area contributed by atoms with Crippen molar-refractivity contribution in [1.82, 2.24) is 4.90 Å². The molecule has 1 amide bonds. The number of ether oxygens (including phenoxy) is 1. The van der Waals surface area contributed by atoms with E-state index in [9.17, 15) is 9.59 Å². The topological polar surface area (TPSA) is 66.8 Å². The Bertz CT molecular complexity index is 479. The van der Waals surface area contributed by atoms with Crippen LogP contribution in [0.1, 0.15) is 6.42 Å². The minimum Gasteiger partial charge on any atom is -0.484 e. The van der Waals surface area contributed by atoms with Gasteiger partial charge in [-0.3, -0.25) is 9.59 Å². The molecule has 0 atom stereocenters. The number of carboxylic acids is 1. The lowest BCUT2D eigenvalue weighted by Crippen LogP contribution is -2.33. The highest BCUT2D eigenvalue weighted by molar-refractivity contribution is 6.42. The molecule has 0 fully saturated rings. The van der Waals surface area contributed by atoms with Gasteiger partial charge < -0.3 is 14.7 Å². The molecule has 0 spiro atoms. The van der Waals surface area contributed by atoms with Crippen LogP contribution in [-0.2, 0) is 9.59 Å². The van der Waals surface area contributed by atoms with E-state index in [1.807, 2.05) is 0 Å². The van der Waals surface area contributed by atoms with Gasteiger partial charge in [0.15, 0.2) is 6.61 Å². The molecule has 0 aliphatic rings. The average molecular weight is 306 g/mol. The molecule has 1 N–H and O–H groups in total. The van der Waals surface area contributed by atoms with Gasteiger partial charge in [-0.25, -0.2) is 0 Å². The van der Waals surface area contributed by atoms with Gasteiger partial charge in [0.2, 0.25) is 0 Å². The van der Waals surface area contributed by atoms with Crippen molar-refractivity contribution in [3.63, 3.8) is 0 Å². The molecule has 0 bridgehead atoms. The predicted molar refractivity (Wildman–Crippen MR) is 71.8 cm³/mol. The first-order chi connectivity index (χ1) is 8.90. The van der Waals surface area contributed by atoms with Gasteiger partial charge in [0.25, 0.3) is 5.91 Å². The number of aliphatic carboxylic acids is 1. The van der Waals surface area contributed by atoms with E-state index in [4.69, 9.17) is 33.0 Å². The van der Waals surface area contributed by atoms with Crippen molar-refractivity contribution in [3.8, 4) is 5.75 Å². The Labute approximate surface area is 120 Å². The molecule has 0 heterocycles. The van der Waals surface area contributed by atoms with Crippen LogP contribution in [-0.4, -0.2) is 42.1 Å². The molecule has 5 nitrogen and oxygen atoms in total. The largest absolute Gasteiger partial charge is 0.484 e. The molecule has 0 unspecified atom stereocenters. The van der Waals surface area contributed by atoms with Crippen LogP contribution in [0.15, 0.2) is 18.2 Å². The molecule has 1 rings (SSSR count). The summed E-state index contributed by atoms with van der Waals surface area (Å²) in [5.41, 5.74) is 0. The Kier molecular flexibility index (Phi) is 5.92. The maximum absolute atomic E-state index is 11.6. The number of halogens is 2. The summed E-state index contributed by atoms with van der Waals surface area (Å²) in [6.07, 6.45) is -0.102. The molecule has 104 valence electrons. The number of likely N-dealkylation sites (N-methyl/N-ethyl adjacent to an activating group) is 1. The smallest absolute Gasteiger partial charge is 0.305 e. The van der Waals surface area contributed by atoms with E-state index >= 15 is 0 Å². The van der Waals surface area contributed by atoms with Crippen molar-refractivity contribution < 1.29 is 19.4 Å². The summed E-state index contributed by atoms with van der Waals surface area (Å²) in [6, 6.07) is 4.67. The number of carbonyl (C=O) groups excluding carboxylic acids is 1. The number of hydrogen-bond acceptors (Lipinski definition) is 3. The monoisotopic (exact) mass is 305 g/mol. The van der Waals surface area contributed by atoms with Crippen molar-refractivity contribution in [2.75, 3.05) is 20.2 Å². The second-order valence-electron chi connectivity index (χ2n) is 3.82. The Balaban J connectivity index is 2.44. The lowest BCUT2D eigenvalue weighted by Gasteiger charge is -2.16. The first kappa shape index (κ1) is 15.6. The zero-order valence-corrected chi connectivity index (χ0v) is 11.7. The summed E-state index contributed by atoms with van der Waals surface area (Å²) in [5.74, 6) is -0.841. The predicted octanol–water partition coefficient (Wildman–Crippen LogP) is 2.31. The Hall–Kier alpha value is -1.46. The highest BCUT2D eigenvalue weighted by atomic mass is 35.5. The number of rotatable bonds is 6. The molecule has 0 aliphatic heterocycles. The van der Waals surface area contributed by atoms with Crippen molar-refractivity contribution in [2.45, 2.75) is 6.42 Å². The van der Waals surface area contributed by atoms with Crippen LogP contribution in [0, 0.1) is 0 Å². The van der Waals surface area contributed by atoms with E-state index in [2.05, 4.69) is 0 Å². The Morgan fingerprint density at radius 1 is 1.32 bits per heavy atom. The molecule has 19 heavy (non-hydrogen) atoms. The first-order valence-electron chi connectivity index (χ1n) is 5.43. The fourth-order valence-electron chi connectivity index (χ4n) is 1.21. The number of amides is 1. The van der Waals surface area contributed by atoms with Crippen molar-refractivity contribution >= 4 is 35.1 Å². The maximum atomic E-state index is 11.6. The lowest BCUT2D eigenvalue weighted by molar-refractivity contribution is -0.138. The molecule has 0 aromatic heterocycles. The molecule has 1 aromatic carbocycles. The van der Waals surface area contributed by atoms with E-state index < -0.39 is 5.97 Å². The normalized spacial score (nSPS) is 10.1. The third-order valence-corrected chi connectivity index (χ3v) is 3.08. The van der Waals surface area contributed by atoms with E-state index in [1.54, 1.807) is 12.1 Å². The van der Waals surface area contributed by atoms with E-state index in [0.29, 0.717) is 15.8 Å². The summed E-state index contributed by atoms with van der Waals surface area (Å²) < 4.78 is 5.25. The zero-order valence-electron chi connectivity index (χ0n) is 10.2. The minimum atomic E-state index is -0.954. The van der Waals surface area contributed by atoms with Crippen molar-refractivity contribution in [3.05, 3.63) is 28.2 Å². The van der Waals surface area contributed by atoms with Crippen LogP contribution < -0.4 is 4.74 Å². The Morgan fingerprint density at radius 2 is 2.00 bits per heavy atom. The van der Waals surface area contributed by atoms with Crippen molar-refractivity contribution in [2.24, 2.45) is 0 Å². The summed E-state index contributed by atoms with van der Waals surface area (Å²) in [5, 5.41) is 9.25. The third-order valence-electron chi connectivity index (χ3n) is 2.34. The number of benzene rings is 1. The van der Waals surface area contributed by atoms with Gasteiger partial charge in [-0.05, 0) is 12.1 Å². The van der Waals surface area contributed by atoms with E-state index in [1.165, 1.54) is 18.0 Å². The van der Waals surface area contributed by atoms with Crippen LogP contribution in [0.4, 0.5) is 0 Å². The zero-order chi connectivity index (χ0) is 14.4. The van der Waals surface area contributed by atoms with Gasteiger partial charge >= 0.3 is 5.97 Å². The number of nitrogens with zero attached hydrogens (tertiary/aromatic N) is 1. The molecule has 1 aromatic rings. The fourth-order valence-corrected chi connectivity index (χ4v) is 1.50. The maximum Gasteiger partial charge on any atom is 0.305 e. The van der Waals surface area contributed by atoms with Gasteiger partial charge in [-0.1, -0.05) is 23.2 Å². The quantitative estimate of drug-likeness (QED) is 0.876. The van der Waals surface area contributed by atoms with Crippen LogP contribution >= 0.6 is 23.2 Å². The molecule has 7 heteroatoms. The van der Waals surface area contributed by atoms with Crippen LogP contribution in [0.2, 0.25) is 10.0 Å². The summed E-state index contributed by atoms with van der Waals surface area (Å²) in [7, 11) is 1.52. The van der Waals surface area contributed by atoms with Crippen LogP contribution in [0.5, 0.6) is 5.75 Å². The van der Waals surface area contributed by atoms with Crippen molar-refractivity contribution in [1.29, 1.82) is 0 Å². The second kappa shape index (κ2) is 7.21. The van der Waals surface area contributed by atoms with Gasteiger partial charge in [0, 0.05) is 19.7 Å². The molecule has 0 saturated carbocycles. The first-order valence-corrected chi connectivity index (χ1v) is 6.19. The van der Waals surface area contributed by atoms with Gasteiger partial charge in [0.1, 0.15) is 5.75 Å². The highest BCUT2D eigenvalue weighted by Crippen LogP contribution is 2.26. The Morgan fingerprint density at radius 3 is 2.58 bits per heavy atom. The minimum absolute atomic E-state index is 0.102. The van der Waals surface area contributed by atoms with Gasteiger partial charge in [-0.15, -0.1) is 0 Å². The molecular formula is C12H13Cl2NO4. The molecule has 0 aliphatic carbocycles. The summed E-state index contributed by atoms with van der Waals surface area (Å²) >= 11 is 11.6.